The lowest BCUT2D eigenvalue weighted by Gasteiger charge is -2.29. The predicted molar refractivity (Wildman–Crippen MR) is 198 cm³/mol. The summed E-state index contributed by atoms with van der Waals surface area (Å²) in [5.41, 5.74) is 0.382. The second-order valence-electron chi connectivity index (χ2n) is 14.3. The van der Waals surface area contributed by atoms with E-state index in [0.717, 1.165) is 50.1 Å². The van der Waals surface area contributed by atoms with Crippen LogP contribution < -0.4 is 25.4 Å². The number of benzene rings is 1. The Bertz CT molecular complexity index is 1890. The van der Waals surface area contributed by atoms with Gasteiger partial charge in [-0.2, -0.15) is 0 Å². The molecule has 1 saturated heterocycles. The number of thiazole rings is 1. The Balaban J connectivity index is 1.20. The summed E-state index contributed by atoms with van der Waals surface area (Å²) in [6, 6.07) is 5.27. The summed E-state index contributed by atoms with van der Waals surface area (Å²) in [7, 11) is 3.37. The lowest BCUT2D eigenvalue weighted by atomic mass is 10.0. The number of carboxylic acids is 1. The number of methoxy groups -OCH3 is 1. The van der Waals surface area contributed by atoms with E-state index >= 15 is 0 Å². The van der Waals surface area contributed by atoms with Gasteiger partial charge in [-0.05, 0) is 63.5 Å². The minimum atomic E-state index is -1.45. The summed E-state index contributed by atoms with van der Waals surface area (Å²) in [6.07, 6.45) is 9.72. The molecule has 3 amide bonds. The molecule has 53 heavy (non-hydrogen) atoms. The van der Waals surface area contributed by atoms with Gasteiger partial charge in [-0.25, -0.2) is 19.6 Å². The van der Waals surface area contributed by atoms with Gasteiger partial charge in [-0.15, -0.1) is 11.3 Å². The molecule has 14 nitrogen and oxygen atoms in total. The van der Waals surface area contributed by atoms with Gasteiger partial charge >= 0.3 is 12.1 Å². The number of amides is 3. The number of carbonyl (C=O) groups is 4. The fraction of sp³-hybridized carbons (Fsp3) is 0.526. The van der Waals surface area contributed by atoms with Crippen LogP contribution in [0.2, 0.25) is 0 Å². The van der Waals surface area contributed by atoms with Gasteiger partial charge < -0.3 is 40.2 Å². The lowest BCUT2D eigenvalue weighted by Crippen LogP contribution is -2.56. The molecular formula is C38H46N6O8S. The average molecular weight is 747 g/mol. The monoisotopic (exact) mass is 746 g/mol. The van der Waals surface area contributed by atoms with E-state index in [1.165, 1.54) is 16.2 Å². The molecule has 0 bridgehead atoms. The van der Waals surface area contributed by atoms with Crippen molar-refractivity contribution in [1.29, 1.82) is 0 Å². The van der Waals surface area contributed by atoms with Crippen LogP contribution in [0.4, 0.5) is 9.93 Å². The third-order valence-corrected chi connectivity index (χ3v) is 11.6. The highest BCUT2D eigenvalue weighted by molar-refractivity contribution is 7.14. The molecule has 0 radical (unpaired) electrons. The first-order valence-corrected chi connectivity index (χ1v) is 19.3. The quantitative estimate of drug-likeness (QED) is 0.221. The molecule has 2 unspecified atom stereocenters. The van der Waals surface area contributed by atoms with Crippen LogP contribution >= 0.6 is 11.3 Å². The van der Waals surface area contributed by atoms with Crippen molar-refractivity contribution in [2.75, 3.05) is 26.0 Å². The minimum Gasteiger partial charge on any atom is -0.497 e. The van der Waals surface area contributed by atoms with Crippen LogP contribution in [-0.2, 0) is 19.1 Å². The third-order valence-electron chi connectivity index (χ3n) is 10.7. The van der Waals surface area contributed by atoms with Crippen LogP contribution in [0.5, 0.6) is 11.5 Å². The maximum atomic E-state index is 14.5. The number of rotatable bonds is 8. The second-order valence-corrected chi connectivity index (χ2v) is 15.2. The molecule has 4 aliphatic rings. The first-order chi connectivity index (χ1) is 25.7. The molecule has 0 spiro atoms. The molecule has 15 heteroatoms. The summed E-state index contributed by atoms with van der Waals surface area (Å²) in [5.74, 6) is -1.37. The summed E-state index contributed by atoms with van der Waals surface area (Å²) in [4.78, 5) is 65.2. The highest BCUT2D eigenvalue weighted by Crippen LogP contribution is 2.45. The van der Waals surface area contributed by atoms with E-state index in [2.05, 4.69) is 20.9 Å². The fourth-order valence-corrected chi connectivity index (χ4v) is 8.36. The zero-order valence-corrected chi connectivity index (χ0v) is 30.8. The molecule has 3 aromatic rings. The predicted octanol–water partition coefficient (Wildman–Crippen LogP) is 5.27. The van der Waals surface area contributed by atoms with E-state index < -0.39 is 47.6 Å². The molecular weight excluding hydrogens is 701 g/mol. The largest absolute Gasteiger partial charge is 0.497 e. The van der Waals surface area contributed by atoms with Crippen LogP contribution in [0, 0.1) is 5.92 Å². The Labute approximate surface area is 311 Å². The number of anilines is 1. The van der Waals surface area contributed by atoms with Gasteiger partial charge in [-0.1, -0.05) is 25.0 Å². The van der Waals surface area contributed by atoms with E-state index in [-0.39, 0.29) is 31.4 Å². The summed E-state index contributed by atoms with van der Waals surface area (Å²) in [6.45, 7) is 0.0338. The number of hydrogen-bond acceptors (Lipinski definition) is 11. The summed E-state index contributed by atoms with van der Waals surface area (Å²) < 4.78 is 17.8. The number of hydrogen-bond donors (Lipinski definition) is 4. The number of allylic oxidation sites excluding steroid dienone is 1. The van der Waals surface area contributed by atoms with Gasteiger partial charge in [0, 0.05) is 42.3 Å². The van der Waals surface area contributed by atoms with Crippen LogP contribution in [0.15, 0.2) is 41.8 Å². The average Bonchev–Trinajstić information content (AvgIpc) is 3.60. The number of nitrogens with zero attached hydrogens (tertiary/aromatic N) is 3. The Morgan fingerprint density at radius 3 is 2.60 bits per heavy atom. The first kappa shape index (κ1) is 36.4. The van der Waals surface area contributed by atoms with Crippen LogP contribution in [0.3, 0.4) is 0 Å². The van der Waals surface area contributed by atoms with Crippen molar-refractivity contribution >= 4 is 51.2 Å². The smallest absolute Gasteiger partial charge is 0.408 e. The maximum Gasteiger partial charge on any atom is 0.408 e. The van der Waals surface area contributed by atoms with Crippen molar-refractivity contribution in [1.82, 2.24) is 25.5 Å². The second kappa shape index (κ2) is 15.6. The molecule has 2 aromatic heterocycles. The van der Waals surface area contributed by atoms with Gasteiger partial charge in [0.2, 0.25) is 11.8 Å². The number of ether oxygens (including phenoxy) is 3. The molecule has 4 N–H and O–H groups in total. The zero-order valence-electron chi connectivity index (χ0n) is 30.0. The highest BCUT2D eigenvalue weighted by atomic mass is 32.1. The standard InChI is InChI=1S/C38H46N6O8S/c1-39-36-41-30(21-53-36)29-18-32(26-15-14-24(50-2)16-28(26)40-29)51-25-17-31-33(45)43-38(35(47)48)19-22(38)10-6-4-3-5-7-13-27(34(46)44(31)20-25)42-37(49)52-23-11-8-9-12-23/h6,10,14-16,18,21-23,25,27,31H,3-5,7-9,11-13,17,19-20H2,1-2H3,(H,39,41)(H,42,49)(H,43,45)(H,47,48)/b10-6-/t22?,25-,27+,31+,38?/m1/s1. The van der Waals surface area contributed by atoms with Crippen LogP contribution in [-0.4, -0.2) is 94.4 Å². The fourth-order valence-electron chi connectivity index (χ4n) is 7.70. The first-order valence-electron chi connectivity index (χ1n) is 18.5. The van der Waals surface area contributed by atoms with Gasteiger partial charge in [0.05, 0.1) is 24.9 Å². The Morgan fingerprint density at radius 2 is 1.85 bits per heavy atom. The van der Waals surface area contributed by atoms with Crippen molar-refractivity contribution < 1.29 is 38.5 Å². The van der Waals surface area contributed by atoms with Crippen molar-refractivity contribution in [3.63, 3.8) is 0 Å². The number of alkyl carbamates (subject to hydrolysis) is 1. The molecule has 1 aromatic carbocycles. The SMILES string of the molecule is CNc1nc(-c2cc(O[C@@H]3C[C@H]4C(=O)NC5(C(=O)O)CC5/C=C\CCCCC[C@H](NC(=O)OC5CCCC5)C(=O)N4C3)c3ccc(OC)cc3n2)cs1. The number of fused-ring (bicyclic) bond motifs is 3. The molecule has 5 atom stereocenters. The summed E-state index contributed by atoms with van der Waals surface area (Å²) >= 11 is 1.44. The number of nitrogens with one attached hydrogen (secondary N) is 3. The normalized spacial score (nSPS) is 27.1. The Hall–Kier alpha value is -4.92. The molecule has 4 heterocycles. The van der Waals surface area contributed by atoms with Gasteiger partial charge in [-0.3, -0.25) is 9.59 Å². The van der Waals surface area contributed by atoms with Gasteiger partial charge in [0.1, 0.15) is 47.0 Å². The molecule has 2 aliphatic heterocycles. The van der Waals surface area contributed by atoms with E-state index in [0.29, 0.717) is 46.6 Å². The maximum absolute atomic E-state index is 14.5. The molecule has 3 fully saturated rings. The van der Waals surface area contributed by atoms with E-state index in [9.17, 15) is 24.3 Å². The van der Waals surface area contributed by atoms with E-state index in [4.69, 9.17) is 19.2 Å². The molecule has 2 aliphatic carbocycles. The molecule has 2 saturated carbocycles. The van der Waals surface area contributed by atoms with Crippen LogP contribution in [0.25, 0.3) is 22.3 Å². The Kier molecular flexibility index (Phi) is 10.7. The Morgan fingerprint density at radius 1 is 1.04 bits per heavy atom. The van der Waals surface area contributed by atoms with Crippen molar-refractivity contribution in [2.24, 2.45) is 5.92 Å². The van der Waals surface area contributed by atoms with E-state index in [1.54, 1.807) is 32.4 Å². The van der Waals surface area contributed by atoms with Crippen molar-refractivity contribution in [3.05, 3.63) is 41.8 Å². The number of aliphatic carboxylic acids is 1. The topological polar surface area (TPSA) is 181 Å². The number of aromatic nitrogens is 2. The highest BCUT2D eigenvalue weighted by Gasteiger charge is 2.61. The van der Waals surface area contributed by atoms with Crippen molar-refractivity contribution in [2.45, 2.75) is 100 Å². The number of carboxylic acid groups (broad SMARTS) is 1. The van der Waals surface area contributed by atoms with Gasteiger partial charge in [0.15, 0.2) is 5.13 Å². The van der Waals surface area contributed by atoms with Crippen molar-refractivity contribution in [3.8, 4) is 22.9 Å². The van der Waals surface area contributed by atoms with Crippen LogP contribution in [0.1, 0.15) is 70.6 Å². The molecule has 282 valence electrons. The van der Waals surface area contributed by atoms with E-state index in [1.807, 2.05) is 23.6 Å². The number of carbonyl (C=O) groups excluding carboxylic acids is 3. The molecule has 7 rings (SSSR count). The minimum absolute atomic E-state index is 0.0338. The van der Waals surface area contributed by atoms with Gasteiger partial charge in [0.25, 0.3) is 0 Å². The zero-order chi connectivity index (χ0) is 37.1. The number of pyridine rings is 1. The summed E-state index contributed by atoms with van der Waals surface area (Å²) in [5, 5.41) is 22.2. The lowest BCUT2D eigenvalue weighted by molar-refractivity contribution is -0.145. The third kappa shape index (κ3) is 7.90.